The van der Waals surface area contributed by atoms with Crippen LogP contribution in [0, 0.1) is 33.8 Å². The number of allylic oxidation sites excluding steroid dienone is 8. The Hall–Kier alpha value is 0.423. The summed E-state index contributed by atoms with van der Waals surface area (Å²) in [7, 11) is 0. The molecule has 4 aliphatic carbocycles. The fraction of sp³-hybridized carbons (Fsp3) is 0.733. The minimum absolute atomic E-state index is 0. The molecule has 0 aromatic carbocycles. The number of hydrogen-bond acceptors (Lipinski definition) is 0. The molecule has 0 aromatic rings. The topological polar surface area (TPSA) is 0 Å². The summed E-state index contributed by atoms with van der Waals surface area (Å²) in [5, 5.41) is 0. The van der Waals surface area contributed by atoms with E-state index < -0.39 is 0 Å². The molecule has 0 N–H and O–H groups in total. The van der Waals surface area contributed by atoms with Crippen LogP contribution in [-0.4, -0.2) is 0 Å². The second-order valence-electron chi connectivity index (χ2n) is 11.1. The molecule has 0 aromatic heterocycles. The molecule has 0 amide bonds. The third-order valence-corrected chi connectivity index (χ3v) is 9.43. The van der Waals surface area contributed by atoms with Gasteiger partial charge >= 0.3 is 26.2 Å². The van der Waals surface area contributed by atoms with E-state index in [0.29, 0.717) is 10.8 Å². The summed E-state index contributed by atoms with van der Waals surface area (Å²) in [6.45, 7) is 13.8. The molecule has 2 unspecified atom stereocenters. The molecule has 4 aliphatic rings. The Morgan fingerprint density at radius 1 is 0.636 bits per heavy atom. The standard InChI is InChI=1S/2C15H23.2ClH.Zr/c2*1-4-15(9-6-5-7-10-15)14(3)11-8-13(2)12-14;;;/h2*8,11H,4-7,9-10H2,1-3H3;2*1H;/q2*-1;;;+4/p-2. The van der Waals surface area contributed by atoms with E-state index in [1.54, 1.807) is 0 Å². The third-order valence-electron chi connectivity index (χ3n) is 9.43. The van der Waals surface area contributed by atoms with Crippen LogP contribution in [-0.2, 0) is 26.2 Å². The van der Waals surface area contributed by atoms with Gasteiger partial charge in [0.1, 0.15) is 0 Å². The monoisotopic (exact) mass is 566 g/mol. The minimum Gasteiger partial charge on any atom is -1.00 e. The quantitative estimate of drug-likeness (QED) is 0.457. The number of hydrogen-bond donors (Lipinski definition) is 0. The summed E-state index contributed by atoms with van der Waals surface area (Å²) >= 11 is 0. The van der Waals surface area contributed by atoms with Gasteiger partial charge in [-0.15, -0.1) is 0 Å². The molecule has 0 bridgehead atoms. The second-order valence-corrected chi connectivity index (χ2v) is 11.1. The summed E-state index contributed by atoms with van der Waals surface area (Å²) in [6, 6.07) is 0. The zero-order valence-corrected chi connectivity index (χ0v) is 26.0. The Balaban J connectivity index is 0.000000569. The first kappa shape index (κ1) is 33.4. The molecule has 2 saturated carbocycles. The Labute approximate surface area is 237 Å². The zero-order chi connectivity index (χ0) is 21.9. The fourth-order valence-electron chi connectivity index (χ4n) is 7.13. The zero-order valence-electron chi connectivity index (χ0n) is 22.1. The Morgan fingerprint density at radius 3 is 1.15 bits per heavy atom. The average Bonchev–Trinajstić information content (AvgIpc) is 3.32. The molecule has 33 heavy (non-hydrogen) atoms. The molecule has 3 heteroatoms. The van der Waals surface area contributed by atoms with Crippen LogP contribution in [0.2, 0.25) is 0 Å². The SMILES string of the molecule is CCC1(C2(C)[C-]=C(C)C=C2)CCCCC1.CCC1(C2(C)[C-]=C(C)C=C2)CCCCC1.[Cl-].[Cl-].[Zr+4]. The van der Waals surface area contributed by atoms with Crippen LogP contribution in [0.25, 0.3) is 0 Å². The average molecular weight is 569 g/mol. The fourth-order valence-corrected chi connectivity index (χ4v) is 7.13. The largest absolute Gasteiger partial charge is 4.00 e. The van der Waals surface area contributed by atoms with Crippen molar-refractivity contribution in [3.63, 3.8) is 0 Å². The van der Waals surface area contributed by atoms with Crippen molar-refractivity contribution in [2.24, 2.45) is 21.7 Å². The maximum absolute atomic E-state index is 3.70. The maximum atomic E-state index is 3.70. The van der Waals surface area contributed by atoms with E-state index in [9.17, 15) is 0 Å². The molecule has 0 saturated heterocycles. The van der Waals surface area contributed by atoms with Crippen LogP contribution in [0.4, 0.5) is 0 Å². The van der Waals surface area contributed by atoms with Gasteiger partial charge in [0, 0.05) is 0 Å². The smallest absolute Gasteiger partial charge is 1.00 e. The van der Waals surface area contributed by atoms with E-state index in [1.807, 2.05) is 0 Å². The van der Waals surface area contributed by atoms with Gasteiger partial charge in [0.2, 0.25) is 0 Å². The van der Waals surface area contributed by atoms with Crippen LogP contribution < -0.4 is 24.8 Å². The molecule has 0 radical (unpaired) electrons. The summed E-state index contributed by atoms with van der Waals surface area (Å²) in [4.78, 5) is 0. The van der Waals surface area contributed by atoms with Crippen molar-refractivity contribution in [3.8, 4) is 0 Å². The Kier molecular flexibility index (Phi) is 13.8. The van der Waals surface area contributed by atoms with Gasteiger partial charge in [-0.1, -0.05) is 104 Å². The maximum Gasteiger partial charge on any atom is 4.00 e. The third kappa shape index (κ3) is 6.80. The van der Waals surface area contributed by atoms with E-state index in [-0.39, 0.29) is 61.8 Å². The molecule has 2 fully saturated rings. The van der Waals surface area contributed by atoms with Crippen molar-refractivity contribution in [2.75, 3.05) is 0 Å². The van der Waals surface area contributed by atoms with Crippen molar-refractivity contribution in [2.45, 2.75) is 119 Å². The van der Waals surface area contributed by atoms with Crippen LogP contribution in [0.1, 0.15) is 119 Å². The van der Waals surface area contributed by atoms with Gasteiger partial charge < -0.3 is 24.8 Å². The second kappa shape index (κ2) is 13.7. The number of halogens is 2. The van der Waals surface area contributed by atoms with E-state index >= 15 is 0 Å². The van der Waals surface area contributed by atoms with Crippen molar-refractivity contribution < 1.29 is 51.0 Å². The molecule has 2 atom stereocenters. The predicted octanol–water partition coefficient (Wildman–Crippen LogP) is 3.35. The molecule has 0 heterocycles. The van der Waals surface area contributed by atoms with Gasteiger partial charge in [0.15, 0.2) is 0 Å². The normalized spacial score (nSPS) is 31.1. The first-order valence-corrected chi connectivity index (χ1v) is 12.9. The summed E-state index contributed by atoms with van der Waals surface area (Å²) in [6.07, 6.45) is 33.4. The van der Waals surface area contributed by atoms with Gasteiger partial charge in [-0.05, 0) is 36.5 Å². The first-order chi connectivity index (χ1) is 14.2. The molecule has 4 rings (SSSR count). The van der Waals surface area contributed by atoms with Crippen molar-refractivity contribution in [1.82, 2.24) is 0 Å². The first-order valence-electron chi connectivity index (χ1n) is 12.9. The molecule has 0 aliphatic heterocycles. The van der Waals surface area contributed by atoms with Crippen molar-refractivity contribution in [3.05, 3.63) is 47.6 Å². The number of rotatable bonds is 4. The minimum atomic E-state index is 0. The molecule has 184 valence electrons. The van der Waals surface area contributed by atoms with Gasteiger partial charge in [-0.2, -0.15) is 12.2 Å². The van der Waals surface area contributed by atoms with Gasteiger partial charge in [-0.3, -0.25) is 12.2 Å². The van der Waals surface area contributed by atoms with Crippen LogP contribution in [0.5, 0.6) is 0 Å². The molecule has 0 nitrogen and oxygen atoms in total. The summed E-state index contributed by atoms with van der Waals surface area (Å²) < 4.78 is 0. The van der Waals surface area contributed by atoms with E-state index in [0.717, 1.165) is 0 Å². The van der Waals surface area contributed by atoms with Gasteiger partial charge in [0.25, 0.3) is 0 Å². The molecular formula is C30H46Cl2Zr. The summed E-state index contributed by atoms with van der Waals surface area (Å²) in [5.41, 5.74) is 4.09. The summed E-state index contributed by atoms with van der Waals surface area (Å²) in [5.74, 6) is 0. The van der Waals surface area contributed by atoms with E-state index in [1.165, 1.54) is 88.2 Å². The van der Waals surface area contributed by atoms with Crippen LogP contribution >= 0.6 is 0 Å². The Morgan fingerprint density at radius 2 is 0.939 bits per heavy atom. The molecular weight excluding hydrogens is 522 g/mol. The predicted molar refractivity (Wildman–Crippen MR) is 131 cm³/mol. The van der Waals surface area contributed by atoms with Crippen LogP contribution in [0.15, 0.2) is 35.5 Å². The van der Waals surface area contributed by atoms with Crippen molar-refractivity contribution in [1.29, 1.82) is 0 Å². The van der Waals surface area contributed by atoms with E-state index in [2.05, 4.69) is 78.0 Å². The van der Waals surface area contributed by atoms with Crippen LogP contribution in [0.3, 0.4) is 0 Å². The van der Waals surface area contributed by atoms with E-state index in [4.69, 9.17) is 0 Å². The van der Waals surface area contributed by atoms with Crippen molar-refractivity contribution >= 4 is 0 Å². The van der Waals surface area contributed by atoms with Gasteiger partial charge in [0.05, 0.1) is 0 Å². The Bertz CT molecular complexity index is 658. The van der Waals surface area contributed by atoms with Gasteiger partial charge in [-0.25, -0.2) is 23.3 Å². The molecule has 0 spiro atoms.